The van der Waals surface area contributed by atoms with Crippen LogP contribution >= 0.6 is 0 Å². The number of rotatable bonds is 5. The Labute approximate surface area is 152 Å². The van der Waals surface area contributed by atoms with Gasteiger partial charge in [0.15, 0.2) is 5.78 Å². The van der Waals surface area contributed by atoms with Crippen LogP contribution < -0.4 is 0 Å². The molecule has 0 aliphatic rings. The molecule has 3 heteroatoms. The summed E-state index contributed by atoms with van der Waals surface area (Å²) in [6.07, 6.45) is 0.712. The summed E-state index contributed by atoms with van der Waals surface area (Å²) < 4.78 is 2.05. The van der Waals surface area contributed by atoms with Crippen LogP contribution in [-0.2, 0) is 13.0 Å². The van der Waals surface area contributed by atoms with Crippen LogP contribution in [-0.4, -0.2) is 15.3 Å². The Morgan fingerprint density at radius 2 is 1.58 bits per heavy atom. The summed E-state index contributed by atoms with van der Waals surface area (Å²) in [5, 5.41) is 0. The fourth-order valence-corrected chi connectivity index (χ4v) is 3.27. The molecule has 1 heterocycles. The van der Waals surface area contributed by atoms with Crippen molar-refractivity contribution < 1.29 is 4.79 Å². The molecular weight excluding hydrogens is 320 g/mol. The molecule has 3 nitrogen and oxygen atoms in total. The highest BCUT2D eigenvalue weighted by molar-refractivity contribution is 5.96. The lowest BCUT2D eigenvalue weighted by atomic mass is 10.1. The average Bonchev–Trinajstić information content (AvgIpc) is 3.01. The first-order valence-electron chi connectivity index (χ1n) is 8.79. The fraction of sp³-hybridized carbons (Fsp3) is 0.130. The zero-order valence-electron chi connectivity index (χ0n) is 14.7. The van der Waals surface area contributed by atoms with Gasteiger partial charge >= 0.3 is 0 Å². The highest BCUT2D eigenvalue weighted by Gasteiger charge is 2.15. The number of imidazole rings is 1. The molecule has 3 aromatic carbocycles. The van der Waals surface area contributed by atoms with Crippen molar-refractivity contribution in [1.29, 1.82) is 0 Å². The zero-order chi connectivity index (χ0) is 17.9. The number of benzene rings is 3. The van der Waals surface area contributed by atoms with Crippen molar-refractivity contribution in [3.63, 3.8) is 0 Å². The summed E-state index contributed by atoms with van der Waals surface area (Å²) >= 11 is 0. The quantitative estimate of drug-likeness (QED) is 0.488. The molecule has 26 heavy (non-hydrogen) atoms. The Kier molecular flexibility index (Phi) is 4.36. The second kappa shape index (κ2) is 6.96. The van der Waals surface area contributed by atoms with E-state index >= 15 is 0 Å². The third kappa shape index (κ3) is 3.16. The summed E-state index contributed by atoms with van der Waals surface area (Å²) in [6.45, 7) is 2.41. The van der Waals surface area contributed by atoms with Crippen molar-refractivity contribution in [2.24, 2.45) is 0 Å². The molecule has 0 saturated heterocycles. The van der Waals surface area contributed by atoms with E-state index in [9.17, 15) is 4.79 Å². The number of carbonyl (C=O) groups excluding carboxylic acids is 1. The van der Waals surface area contributed by atoms with Crippen molar-refractivity contribution in [1.82, 2.24) is 9.55 Å². The Balaban J connectivity index is 1.75. The first-order valence-corrected chi connectivity index (χ1v) is 8.79. The summed E-state index contributed by atoms with van der Waals surface area (Å²) in [5.74, 6) is 1.02. The Morgan fingerprint density at radius 1 is 0.885 bits per heavy atom. The monoisotopic (exact) mass is 340 g/mol. The molecule has 0 atom stereocenters. The van der Waals surface area contributed by atoms with Gasteiger partial charge < -0.3 is 4.57 Å². The van der Waals surface area contributed by atoms with Gasteiger partial charge in [0.25, 0.3) is 0 Å². The molecule has 1 aromatic heterocycles. The fourth-order valence-electron chi connectivity index (χ4n) is 3.27. The lowest BCUT2D eigenvalue weighted by Gasteiger charge is -2.10. The minimum Gasteiger partial charge on any atom is -0.320 e. The molecule has 0 spiro atoms. The normalized spacial score (nSPS) is 11.0. The molecule has 0 saturated carbocycles. The minimum atomic E-state index is 0.0970. The van der Waals surface area contributed by atoms with E-state index in [-0.39, 0.29) is 5.78 Å². The summed E-state index contributed by atoms with van der Waals surface area (Å²) in [5.41, 5.74) is 5.13. The first kappa shape index (κ1) is 16.3. The average molecular weight is 340 g/mol. The van der Waals surface area contributed by atoms with Gasteiger partial charge in [-0.1, -0.05) is 66.7 Å². The van der Waals surface area contributed by atoms with Gasteiger partial charge in [-0.3, -0.25) is 4.79 Å². The number of Topliss-reactive ketones (excluding diaryl/α,β-unsaturated/α-hetero) is 1. The Morgan fingerprint density at radius 3 is 2.38 bits per heavy atom. The zero-order valence-corrected chi connectivity index (χ0v) is 14.7. The highest BCUT2D eigenvalue weighted by atomic mass is 16.1. The lowest BCUT2D eigenvalue weighted by Crippen LogP contribution is -2.13. The van der Waals surface area contributed by atoms with Crippen LogP contribution in [0.15, 0.2) is 78.9 Å². The van der Waals surface area contributed by atoms with Crippen molar-refractivity contribution in [3.05, 3.63) is 101 Å². The SMILES string of the molecule is Cc1ccccc1Cc1nc2ccccc2n1CC(=O)c1ccccc1. The van der Waals surface area contributed by atoms with E-state index in [4.69, 9.17) is 4.98 Å². The maximum Gasteiger partial charge on any atom is 0.182 e. The predicted molar refractivity (Wildman–Crippen MR) is 104 cm³/mol. The van der Waals surface area contributed by atoms with E-state index in [0.717, 1.165) is 22.4 Å². The molecule has 0 fully saturated rings. The number of fused-ring (bicyclic) bond motifs is 1. The molecule has 0 radical (unpaired) electrons. The predicted octanol–water partition coefficient (Wildman–Crippen LogP) is 4.82. The number of para-hydroxylation sites is 2. The van der Waals surface area contributed by atoms with Gasteiger partial charge in [0.2, 0.25) is 0 Å². The molecule has 0 amide bonds. The molecule has 0 bridgehead atoms. The van der Waals surface area contributed by atoms with Crippen molar-refractivity contribution in [2.75, 3.05) is 0 Å². The van der Waals surface area contributed by atoms with Crippen LogP contribution in [0.25, 0.3) is 11.0 Å². The van der Waals surface area contributed by atoms with E-state index < -0.39 is 0 Å². The molecule has 0 N–H and O–H groups in total. The molecule has 4 rings (SSSR count). The van der Waals surface area contributed by atoms with Gasteiger partial charge in [0.05, 0.1) is 17.6 Å². The topological polar surface area (TPSA) is 34.9 Å². The second-order valence-corrected chi connectivity index (χ2v) is 6.50. The van der Waals surface area contributed by atoms with Gasteiger partial charge in [0, 0.05) is 12.0 Å². The van der Waals surface area contributed by atoms with Gasteiger partial charge in [0.1, 0.15) is 5.82 Å². The third-order valence-corrected chi connectivity index (χ3v) is 4.74. The van der Waals surface area contributed by atoms with E-state index in [0.29, 0.717) is 13.0 Å². The largest absolute Gasteiger partial charge is 0.320 e. The maximum atomic E-state index is 12.8. The van der Waals surface area contributed by atoms with Gasteiger partial charge in [-0.05, 0) is 30.2 Å². The standard InChI is InChI=1S/C23H20N2O/c1-17-9-5-6-12-19(17)15-23-24-20-13-7-8-14-21(20)25(23)16-22(26)18-10-3-2-4-11-18/h2-14H,15-16H2,1H3. The van der Waals surface area contributed by atoms with E-state index in [1.54, 1.807) is 0 Å². The number of aromatic nitrogens is 2. The molecule has 128 valence electrons. The number of nitrogens with zero attached hydrogens (tertiary/aromatic N) is 2. The van der Waals surface area contributed by atoms with Gasteiger partial charge in [-0.25, -0.2) is 4.98 Å². The van der Waals surface area contributed by atoms with Crippen molar-refractivity contribution in [2.45, 2.75) is 19.9 Å². The number of aryl methyl sites for hydroxylation is 1. The van der Waals surface area contributed by atoms with E-state index in [1.165, 1.54) is 11.1 Å². The van der Waals surface area contributed by atoms with E-state index in [2.05, 4.69) is 23.6 Å². The highest BCUT2D eigenvalue weighted by Crippen LogP contribution is 2.20. The lowest BCUT2D eigenvalue weighted by molar-refractivity contribution is 0.0972. The van der Waals surface area contributed by atoms with Crippen molar-refractivity contribution in [3.8, 4) is 0 Å². The molecule has 4 aromatic rings. The van der Waals surface area contributed by atoms with Gasteiger partial charge in [-0.15, -0.1) is 0 Å². The van der Waals surface area contributed by atoms with Crippen LogP contribution in [0.1, 0.15) is 27.3 Å². The molecule has 0 aliphatic heterocycles. The number of carbonyl (C=O) groups is 1. The second-order valence-electron chi connectivity index (χ2n) is 6.50. The molecule has 0 aliphatic carbocycles. The van der Waals surface area contributed by atoms with Crippen LogP contribution in [0.2, 0.25) is 0 Å². The summed E-state index contributed by atoms with van der Waals surface area (Å²) in [4.78, 5) is 17.6. The van der Waals surface area contributed by atoms with E-state index in [1.807, 2.05) is 66.7 Å². The van der Waals surface area contributed by atoms with Crippen LogP contribution in [0, 0.1) is 6.92 Å². The molecule has 0 unspecified atom stereocenters. The Hall–Kier alpha value is -3.20. The van der Waals surface area contributed by atoms with Crippen molar-refractivity contribution >= 4 is 16.8 Å². The van der Waals surface area contributed by atoms with Crippen LogP contribution in [0.3, 0.4) is 0 Å². The minimum absolute atomic E-state index is 0.0970. The third-order valence-electron chi connectivity index (χ3n) is 4.74. The molecular formula is C23H20N2O. The first-order chi connectivity index (χ1) is 12.7. The number of ketones is 1. The summed E-state index contributed by atoms with van der Waals surface area (Å²) in [7, 11) is 0. The number of hydrogen-bond donors (Lipinski definition) is 0. The maximum absolute atomic E-state index is 12.8. The van der Waals surface area contributed by atoms with Gasteiger partial charge in [-0.2, -0.15) is 0 Å². The van der Waals surface area contributed by atoms with Crippen LogP contribution in [0.5, 0.6) is 0 Å². The number of hydrogen-bond acceptors (Lipinski definition) is 2. The smallest absolute Gasteiger partial charge is 0.182 e. The van der Waals surface area contributed by atoms with Crippen LogP contribution in [0.4, 0.5) is 0 Å². The summed E-state index contributed by atoms with van der Waals surface area (Å²) in [6, 6.07) is 25.8. The Bertz CT molecular complexity index is 1060.